The summed E-state index contributed by atoms with van der Waals surface area (Å²) in [7, 11) is -3.92. The standard InChI is InChI=1S/C23H21Cl2NO5S/c1-23(22(27)28,31-14-13-16-7-3-2-4-8-16)20-12-5-9-17(26-20)15-32(29,30)21-18(24)10-6-11-19(21)25/h2-12H,13-15H2,1H3,(H,27,28). The first-order valence-electron chi connectivity index (χ1n) is 9.68. The molecule has 6 nitrogen and oxygen atoms in total. The summed E-state index contributed by atoms with van der Waals surface area (Å²) in [5.74, 6) is -1.73. The van der Waals surface area contributed by atoms with Gasteiger partial charge in [-0.25, -0.2) is 13.2 Å². The van der Waals surface area contributed by atoms with Crippen LogP contribution in [0.4, 0.5) is 0 Å². The number of nitrogens with zero attached hydrogens (tertiary/aromatic N) is 1. The fourth-order valence-corrected chi connectivity index (χ4v) is 5.66. The molecule has 1 atom stereocenters. The molecule has 2 aromatic carbocycles. The Labute approximate surface area is 196 Å². The predicted molar refractivity (Wildman–Crippen MR) is 123 cm³/mol. The van der Waals surface area contributed by atoms with Gasteiger partial charge < -0.3 is 9.84 Å². The monoisotopic (exact) mass is 493 g/mol. The molecule has 0 fully saturated rings. The lowest BCUT2D eigenvalue weighted by atomic mass is 10.0. The van der Waals surface area contributed by atoms with Crippen LogP contribution in [0.2, 0.25) is 10.0 Å². The van der Waals surface area contributed by atoms with Crippen molar-refractivity contribution in [1.82, 2.24) is 4.98 Å². The largest absolute Gasteiger partial charge is 0.479 e. The highest BCUT2D eigenvalue weighted by Crippen LogP contribution is 2.32. The molecule has 3 aromatic rings. The Bertz CT molecular complexity index is 1200. The van der Waals surface area contributed by atoms with E-state index in [4.69, 9.17) is 27.9 Å². The molecular weight excluding hydrogens is 473 g/mol. The molecule has 0 bridgehead atoms. The number of aromatic nitrogens is 1. The third kappa shape index (κ3) is 5.48. The van der Waals surface area contributed by atoms with Crippen LogP contribution in [0.25, 0.3) is 0 Å². The van der Waals surface area contributed by atoms with E-state index in [9.17, 15) is 18.3 Å². The maximum atomic E-state index is 12.9. The Morgan fingerprint density at radius 2 is 1.62 bits per heavy atom. The van der Waals surface area contributed by atoms with Crippen LogP contribution in [-0.4, -0.2) is 31.1 Å². The minimum absolute atomic E-state index is 0.00766. The summed E-state index contributed by atoms with van der Waals surface area (Å²) < 4.78 is 31.6. The molecule has 1 heterocycles. The lowest BCUT2D eigenvalue weighted by Gasteiger charge is -2.25. The predicted octanol–water partition coefficient (Wildman–Crippen LogP) is 4.92. The number of halogens is 2. The molecule has 0 aliphatic rings. The highest BCUT2D eigenvalue weighted by atomic mass is 35.5. The first-order chi connectivity index (χ1) is 15.1. The van der Waals surface area contributed by atoms with Gasteiger partial charge in [0.15, 0.2) is 9.84 Å². The number of sulfone groups is 1. The van der Waals surface area contributed by atoms with Crippen molar-refractivity contribution >= 4 is 39.0 Å². The normalized spacial score (nSPS) is 13.5. The first-order valence-corrected chi connectivity index (χ1v) is 12.1. The number of aliphatic carboxylic acids is 1. The van der Waals surface area contributed by atoms with Gasteiger partial charge in [0.25, 0.3) is 0 Å². The summed E-state index contributed by atoms with van der Waals surface area (Å²) in [6, 6.07) is 18.5. The SMILES string of the molecule is CC(OCCc1ccccc1)(C(=O)O)c1cccc(CS(=O)(=O)c2c(Cl)cccc2Cl)n1. The number of hydrogen-bond donors (Lipinski definition) is 1. The van der Waals surface area contributed by atoms with Crippen molar-refractivity contribution in [2.75, 3.05) is 6.61 Å². The lowest BCUT2D eigenvalue weighted by Crippen LogP contribution is -2.37. The third-order valence-electron chi connectivity index (χ3n) is 4.90. The van der Waals surface area contributed by atoms with E-state index in [-0.39, 0.29) is 32.9 Å². The van der Waals surface area contributed by atoms with E-state index in [0.29, 0.717) is 6.42 Å². The van der Waals surface area contributed by atoms with E-state index >= 15 is 0 Å². The number of pyridine rings is 1. The van der Waals surface area contributed by atoms with Gasteiger partial charge in [-0.15, -0.1) is 0 Å². The first kappa shape index (κ1) is 24.2. The summed E-state index contributed by atoms with van der Waals surface area (Å²) in [6.45, 7) is 1.54. The fraction of sp³-hybridized carbons (Fsp3) is 0.217. The molecule has 9 heteroatoms. The molecule has 168 valence electrons. The minimum Gasteiger partial charge on any atom is -0.479 e. The molecule has 0 aliphatic heterocycles. The Hall–Kier alpha value is -2.45. The van der Waals surface area contributed by atoms with Crippen LogP contribution in [0, 0.1) is 0 Å². The molecule has 0 spiro atoms. The van der Waals surface area contributed by atoms with Crippen molar-refractivity contribution in [3.63, 3.8) is 0 Å². The topological polar surface area (TPSA) is 93.6 Å². The summed E-state index contributed by atoms with van der Waals surface area (Å²) in [4.78, 5) is 16.2. The molecule has 0 radical (unpaired) electrons. The van der Waals surface area contributed by atoms with E-state index in [0.717, 1.165) is 5.56 Å². The van der Waals surface area contributed by atoms with E-state index in [1.807, 2.05) is 30.3 Å². The molecule has 1 N–H and O–H groups in total. The van der Waals surface area contributed by atoms with Crippen LogP contribution in [-0.2, 0) is 37.1 Å². The van der Waals surface area contributed by atoms with Crippen molar-refractivity contribution in [3.8, 4) is 0 Å². The van der Waals surface area contributed by atoms with Crippen molar-refractivity contribution in [2.45, 2.75) is 29.6 Å². The average Bonchev–Trinajstić information content (AvgIpc) is 2.73. The zero-order valence-electron chi connectivity index (χ0n) is 17.2. The van der Waals surface area contributed by atoms with Gasteiger partial charge in [0.2, 0.25) is 5.60 Å². The Balaban J connectivity index is 1.84. The van der Waals surface area contributed by atoms with Crippen LogP contribution in [0.1, 0.15) is 23.9 Å². The number of hydrogen-bond acceptors (Lipinski definition) is 5. The van der Waals surface area contributed by atoms with Gasteiger partial charge in [-0.1, -0.05) is 65.7 Å². The van der Waals surface area contributed by atoms with Crippen LogP contribution >= 0.6 is 23.2 Å². The summed E-state index contributed by atoms with van der Waals surface area (Å²) in [5, 5.41) is 9.85. The van der Waals surface area contributed by atoms with Gasteiger partial charge in [-0.2, -0.15) is 0 Å². The quantitative estimate of drug-likeness (QED) is 0.454. The van der Waals surface area contributed by atoms with Gasteiger partial charge >= 0.3 is 5.97 Å². The van der Waals surface area contributed by atoms with Crippen LogP contribution in [0.15, 0.2) is 71.6 Å². The molecular formula is C23H21Cl2NO5S. The molecule has 0 saturated carbocycles. The van der Waals surface area contributed by atoms with E-state index in [1.165, 1.54) is 31.2 Å². The van der Waals surface area contributed by atoms with Crippen LogP contribution in [0.3, 0.4) is 0 Å². The van der Waals surface area contributed by atoms with Gasteiger partial charge in [-0.05, 0) is 43.2 Å². The summed E-state index contributed by atoms with van der Waals surface area (Å²) >= 11 is 12.1. The number of ether oxygens (including phenoxy) is 1. The Morgan fingerprint density at radius 1 is 1.00 bits per heavy atom. The molecule has 3 rings (SSSR count). The van der Waals surface area contributed by atoms with Gasteiger partial charge in [0.1, 0.15) is 4.90 Å². The maximum Gasteiger partial charge on any atom is 0.342 e. The molecule has 1 aromatic heterocycles. The second-order valence-electron chi connectivity index (χ2n) is 7.25. The number of carboxylic acids is 1. The van der Waals surface area contributed by atoms with Crippen LogP contribution in [0.5, 0.6) is 0 Å². The van der Waals surface area contributed by atoms with E-state index in [1.54, 1.807) is 12.1 Å². The molecule has 0 amide bonds. The smallest absolute Gasteiger partial charge is 0.342 e. The lowest BCUT2D eigenvalue weighted by molar-refractivity contribution is -0.165. The van der Waals surface area contributed by atoms with Crippen molar-refractivity contribution in [1.29, 1.82) is 0 Å². The molecule has 0 saturated heterocycles. The Kier molecular flexibility index (Phi) is 7.56. The summed E-state index contributed by atoms with van der Waals surface area (Å²) in [6.07, 6.45) is 0.517. The van der Waals surface area contributed by atoms with Crippen molar-refractivity contribution < 1.29 is 23.1 Å². The number of benzene rings is 2. The highest BCUT2D eigenvalue weighted by Gasteiger charge is 2.38. The molecule has 32 heavy (non-hydrogen) atoms. The maximum absolute atomic E-state index is 12.9. The minimum atomic E-state index is -3.92. The number of carbonyl (C=O) groups is 1. The van der Waals surface area contributed by atoms with Gasteiger partial charge in [-0.3, -0.25) is 4.98 Å². The molecule has 1 unspecified atom stereocenters. The second kappa shape index (κ2) is 10.0. The van der Waals surface area contributed by atoms with Crippen molar-refractivity contribution in [2.24, 2.45) is 0 Å². The third-order valence-corrected chi connectivity index (χ3v) is 7.49. The zero-order valence-corrected chi connectivity index (χ0v) is 19.5. The van der Waals surface area contributed by atoms with Gasteiger partial charge in [0.05, 0.1) is 33.8 Å². The average molecular weight is 494 g/mol. The fourth-order valence-electron chi connectivity index (χ4n) is 3.14. The Morgan fingerprint density at radius 3 is 2.25 bits per heavy atom. The molecule has 0 aliphatic carbocycles. The van der Waals surface area contributed by atoms with Crippen molar-refractivity contribution in [3.05, 3.63) is 93.7 Å². The van der Waals surface area contributed by atoms with E-state index in [2.05, 4.69) is 4.98 Å². The highest BCUT2D eigenvalue weighted by molar-refractivity contribution is 7.90. The number of carboxylic acid groups (broad SMARTS) is 1. The zero-order chi connectivity index (χ0) is 23.4. The number of rotatable bonds is 9. The van der Waals surface area contributed by atoms with Crippen LogP contribution < -0.4 is 0 Å². The summed E-state index contributed by atoms with van der Waals surface area (Å²) in [5.41, 5.74) is -0.505. The van der Waals surface area contributed by atoms with E-state index < -0.39 is 27.2 Å². The van der Waals surface area contributed by atoms with Gasteiger partial charge in [0, 0.05) is 0 Å². The second-order valence-corrected chi connectivity index (χ2v) is 9.99.